The van der Waals surface area contributed by atoms with Crippen LogP contribution in [0.4, 0.5) is 0 Å². The Kier molecular flexibility index (Phi) is 3.61. The minimum absolute atomic E-state index is 0.416. The fourth-order valence-corrected chi connectivity index (χ4v) is 2.81. The molecule has 1 heterocycles. The Morgan fingerprint density at radius 1 is 1.29 bits per heavy atom. The minimum atomic E-state index is -0.910. The quantitative estimate of drug-likeness (QED) is 0.871. The summed E-state index contributed by atoms with van der Waals surface area (Å²) in [4.78, 5) is 11.6. The maximum absolute atomic E-state index is 11.6. The van der Waals surface area contributed by atoms with Crippen LogP contribution in [0.25, 0.3) is 0 Å². The van der Waals surface area contributed by atoms with Gasteiger partial charge in [-0.1, -0.05) is 23.2 Å². The first-order valence-corrected chi connectivity index (χ1v) is 6.21. The van der Waals surface area contributed by atoms with E-state index in [2.05, 4.69) is 5.32 Å². The van der Waals surface area contributed by atoms with Crippen LogP contribution in [0.2, 0.25) is 10.0 Å². The largest absolute Gasteiger partial charge is 0.481 e. The summed E-state index contributed by atoms with van der Waals surface area (Å²) in [7, 11) is 0. The zero-order valence-corrected chi connectivity index (χ0v) is 10.7. The van der Waals surface area contributed by atoms with Gasteiger partial charge in [-0.25, -0.2) is 0 Å². The summed E-state index contributed by atoms with van der Waals surface area (Å²) in [6, 6.07) is 4.99. The van der Waals surface area contributed by atoms with Crippen molar-refractivity contribution in [2.45, 2.75) is 18.3 Å². The Labute approximate surface area is 110 Å². The molecule has 0 aromatic heterocycles. The van der Waals surface area contributed by atoms with Crippen LogP contribution in [0.5, 0.6) is 0 Å². The monoisotopic (exact) mass is 273 g/mol. The molecule has 2 N–H and O–H groups in total. The van der Waals surface area contributed by atoms with Gasteiger partial charge in [-0.2, -0.15) is 0 Å². The molecule has 0 radical (unpaired) electrons. The molecule has 1 aliphatic rings. The predicted octanol–water partition coefficient (Wildman–Crippen LogP) is 2.70. The summed E-state index contributed by atoms with van der Waals surface area (Å²) >= 11 is 11.9. The molecular weight excluding hydrogens is 261 g/mol. The SMILES string of the molecule is O=C(O)C1(c2cc(Cl)cc(Cl)c2)CCCNC1. The zero-order chi connectivity index (χ0) is 12.5. The lowest BCUT2D eigenvalue weighted by Gasteiger charge is -2.34. The molecule has 1 saturated heterocycles. The molecule has 0 saturated carbocycles. The molecule has 17 heavy (non-hydrogen) atoms. The fraction of sp³-hybridized carbons (Fsp3) is 0.417. The number of piperidine rings is 1. The maximum atomic E-state index is 11.6. The van der Waals surface area contributed by atoms with E-state index in [0.29, 0.717) is 28.6 Å². The number of carbonyl (C=O) groups is 1. The summed E-state index contributed by atoms with van der Waals surface area (Å²) < 4.78 is 0. The number of carboxylic acid groups (broad SMARTS) is 1. The molecule has 0 aliphatic carbocycles. The van der Waals surface area contributed by atoms with Crippen LogP contribution < -0.4 is 5.32 Å². The number of rotatable bonds is 2. The van der Waals surface area contributed by atoms with Crippen molar-refractivity contribution in [1.82, 2.24) is 5.32 Å². The highest BCUT2D eigenvalue weighted by Crippen LogP contribution is 2.34. The third-order valence-corrected chi connectivity index (χ3v) is 3.64. The van der Waals surface area contributed by atoms with Crippen molar-refractivity contribution >= 4 is 29.2 Å². The van der Waals surface area contributed by atoms with Gasteiger partial charge < -0.3 is 10.4 Å². The minimum Gasteiger partial charge on any atom is -0.481 e. The second-order valence-electron chi connectivity index (χ2n) is 4.33. The summed E-state index contributed by atoms with van der Waals surface area (Å²) in [5, 5.41) is 13.6. The molecule has 2 rings (SSSR count). The van der Waals surface area contributed by atoms with Crippen LogP contribution in [0.3, 0.4) is 0 Å². The van der Waals surface area contributed by atoms with E-state index in [1.54, 1.807) is 18.2 Å². The van der Waals surface area contributed by atoms with Gasteiger partial charge in [0.2, 0.25) is 0 Å². The first-order chi connectivity index (χ1) is 8.04. The molecule has 1 atom stereocenters. The van der Waals surface area contributed by atoms with Gasteiger partial charge >= 0.3 is 5.97 Å². The Morgan fingerprint density at radius 3 is 2.41 bits per heavy atom. The summed E-state index contributed by atoms with van der Waals surface area (Å²) in [6.45, 7) is 1.27. The molecule has 1 aromatic carbocycles. The smallest absolute Gasteiger partial charge is 0.315 e. The van der Waals surface area contributed by atoms with Gasteiger partial charge in [-0.05, 0) is 43.1 Å². The number of carboxylic acids is 1. The van der Waals surface area contributed by atoms with E-state index in [9.17, 15) is 9.90 Å². The van der Waals surface area contributed by atoms with Gasteiger partial charge in [0.05, 0.1) is 0 Å². The van der Waals surface area contributed by atoms with Crippen molar-refractivity contribution in [1.29, 1.82) is 0 Å². The first-order valence-electron chi connectivity index (χ1n) is 5.45. The lowest BCUT2D eigenvalue weighted by molar-refractivity contribution is -0.144. The van der Waals surface area contributed by atoms with Crippen molar-refractivity contribution < 1.29 is 9.90 Å². The van der Waals surface area contributed by atoms with Crippen molar-refractivity contribution in [3.63, 3.8) is 0 Å². The summed E-state index contributed by atoms with van der Waals surface area (Å²) in [5.74, 6) is -0.831. The number of benzene rings is 1. The Bertz CT molecular complexity index is 422. The molecule has 1 aromatic rings. The molecule has 0 amide bonds. The van der Waals surface area contributed by atoms with Crippen LogP contribution >= 0.6 is 23.2 Å². The lowest BCUT2D eigenvalue weighted by Crippen LogP contribution is -2.49. The molecule has 1 fully saturated rings. The Morgan fingerprint density at radius 2 is 1.94 bits per heavy atom. The number of hydrogen-bond donors (Lipinski definition) is 2. The van der Waals surface area contributed by atoms with Gasteiger partial charge in [0.15, 0.2) is 0 Å². The standard InChI is InChI=1S/C12H13Cl2NO2/c13-9-4-8(5-10(14)6-9)12(11(16)17)2-1-3-15-7-12/h4-6,15H,1-3,7H2,(H,16,17). The summed E-state index contributed by atoms with van der Waals surface area (Å²) in [6.07, 6.45) is 1.43. The molecular formula is C12H13Cl2NO2. The molecule has 3 nitrogen and oxygen atoms in total. The van der Waals surface area contributed by atoms with E-state index in [0.717, 1.165) is 13.0 Å². The van der Waals surface area contributed by atoms with Crippen LogP contribution in [0.1, 0.15) is 18.4 Å². The average molecular weight is 274 g/mol. The second-order valence-corrected chi connectivity index (χ2v) is 5.20. The van der Waals surface area contributed by atoms with E-state index < -0.39 is 11.4 Å². The molecule has 92 valence electrons. The second kappa shape index (κ2) is 4.84. The normalized spacial score (nSPS) is 24.6. The van der Waals surface area contributed by atoms with Crippen molar-refractivity contribution in [3.05, 3.63) is 33.8 Å². The number of halogens is 2. The third-order valence-electron chi connectivity index (χ3n) is 3.21. The molecule has 1 aliphatic heterocycles. The van der Waals surface area contributed by atoms with E-state index in [-0.39, 0.29) is 0 Å². The topological polar surface area (TPSA) is 49.3 Å². The zero-order valence-electron chi connectivity index (χ0n) is 9.17. The van der Waals surface area contributed by atoms with Crippen LogP contribution in [0, 0.1) is 0 Å². The number of nitrogens with one attached hydrogen (secondary N) is 1. The van der Waals surface area contributed by atoms with Crippen molar-refractivity contribution in [2.75, 3.05) is 13.1 Å². The van der Waals surface area contributed by atoms with E-state index in [1.807, 2.05) is 0 Å². The van der Waals surface area contributed by atoms with E-state index in [4.69, 9.17) is 23.2 Å². The van der Waals surface area contributed by atoms with Crippen LogP contribution in [-0.2, 0) is 10.2 Å². The fourth-order valence-electron chi connectivity index (χ4n) is 2.29. The van der Waals surface area contributed by atoms with E-state index >= 15 is 0 Å². The lowest BCUT2D eigenvalue weighted by atomic mass is 9.75. The summed E-state index contributed by atoms with van der Waals surface area (Å²) in [5.41, 5.74) is -0.234. The maximum Gasteiger partial charge on any atom is 0.315 e. The Balaban J connectivity index is 2.48. The molecule has 5 heteroatoms. The predicted molar refractivity (Wildman–Crippen MR) is 67.9 cm³/mol. The van der Waals surface area contributed by atoms with Gasteiger partial charge in [0, 0.05) is 16.6 Å². The van der Waals surface area contributed by atoms with Crippen molar-refractivity contribution in [2.24, 2.45) is 0 Å². The molecule has 0 bridgehead atoms. The Hall–Kier alpha value is -0.770. The van der Waals surface area contributed by atoms with Crippen molar-refractivity contribution in [3.8, 4) is 0 Å². The highest BCUT2D eigenvalue weighted by atomic mass is 35.5. The number of aliphatic carboxylic acids is 1. The third kappa shape index (κ3) is 2.41. The first kappa shape index (κ1) is 12.7. The van der Waals surface area contributed by atoms with Crippen LogP contribution in [0.15, 0.2) is 18.2 Å². The van der Waals surface area contributed by atoms with Gasteiger partial charge in [-0.3, -0.25) is 4.79 Å². The number of hydrogen-bond acceptors (Lipinski definition) is 2. The highest BCUT2D eigenvalue weighted by molar-refractivity contribution is 6.34. The molecule has 1 unspecified atom stereocenters. The van der Waals surface area contributed by atoms with Crippen LogP contribution in [-0.4, -0.2) is 24.2 Å². The van der Waals surface area contributed by atoms with Gasteiger partial charge in [0.1, 0.15) is 5.41 Å². The van der Waals surface area contributed by atoms with Gasteiger partial charge in [0.25, 0.3) is 0 Å². The highest BCUT2D eigenvalue weighted by Gasteiger charge is 2.41. The average Bonchev–Trinajstić information content (AvgIpc) is 2.28. The molecule has 0 spiro atoms. The van der Waals surface area contributed by atoms with Gasteiger partial charge in [-0.15, -0.1) is 0 Å². The van der Waals surface area contributed by atoms with E-state index in [1.165, 1.54) is 0 Å².